The largest absolute Gasteiger partial charge is 0.359 e. The van der Waals surface area contributed by atoms with Crippen LogP contribution in [-0.4, -0.2) is 10.8 Å². The predicted octanol–water partition coefficient (Wildman–Crippen LogP) is 2.86. The average molecular weight is 199 g/mol. The van der Waals surface area contributed by atoms with Gasteiger partial charge in [0, 0.05) is 11.8 Å². The maximum absolute atomic E-state index is 12.0. The normalized spacial score (nSPS) is 10.3. The lowest BCUT2D eigenvalue weighted by atomic mass is 10.0. The first-order chi connectivity index (χ1) is 7.18. The van der Waals surface area contributed by atoms with Crippen LogP contribution in [0.1, 0.15) is 27.2 Å². The quantitative estimate of drug-likeness (QED) is 0.741. The van der Waals surface area contributed by atoms with E-state index in [4.69, 9.17) is 0 Å². The maximum atomic E-state index is 12.0. The number of aromatic amines is 1. The van der Waals surface area contributed by atoms with Crippen LogP contribution in [0.3, 0.4) is 0 Å². The second-order valence-corrected chi connectivity index (χ2v) is 3.73. The molecule has 76 valence electrons. The number of ketones is 1. The zero-order valence-electron chi connectivity index (χ0n) is 8.87. The number of hydrogen-bond acceptors (Lipinski definition) is 1. The highest BCUT2D eigenvalue weighted by atomic mass is 16.1. The summed E-state index contributed by atoms with van der Waals surface area (Å²) >= 11 is 0. The Kier molecular flexibility index (Phi) is 2.42. The van der Waals surface area contributed by atoms with Gasteiger partial charge in [0.1, 0.15) is 0 Å². The topological polar surface area (TPSA) is 32.9 Å². The van der Waals surface area contributed by atoms with Gasteiger partial charge in [-0.05, 0) is 37.6 Å². The zero-order valence-corrected chi connectivity index (χ0v) is 8.87. The number of H-pyrrole nitrogens is 1. The Hall–Kier alpha value is -1.83. The highest BCUT2D eigenvalue weighted by Gasteiger charge is 2.11. The Labute approximate surface area is 89.0 Å². The molecule has 15 heavy (non-hydrogen) atoms. The van der Waals surface area contributed by atoms with Gasteiger partial charge in [0.25, 0.3) is 0 Å². The first-order valence-electron chi connectivity index (χ1n) is 4.94. The van der Waals surface area contributed by atoms with E-state index in [2.05, 4.69) is 4.98 Å². The summed E-state index contributed by atoms with van der Waals surface area (Å²) in [7, 11) is 0. The van der Waals surface area contributed by atoms with Crippen molar-refractivity contribution in [1.82, 2.24) is 4.98 Å². The minimum Gasteiger partial charge on any atom is -0.359 e. The molecule has 0 fully saturated rings. The Morgan fingerprint density at radius 1 is 1.20 bits per heavy atom. The third kappa shape index (κ3) is 1.84. The molecule has 0 saturated heterocycles. The molecule has 0 bridgehead atoms. The molecule has 1 aromatic heterocycles. The van der Waals surface area contributed by atoms with Gasteiger partial charge in [-0.2, -0.15) is 0 Å². The van der Waals surface area contributed by atoms with Gasteiger partial charge < -0.3 is 4.98 Å². The number of aromatic nitrogens is 1. The van der Waals surface area contributed by atoms with Gasteiger partial charge in [0.2, 0.25) is 5.78 Å². The van der Waals surface area contributed by atoms with Crippen LogP contribution in [-0.2, 0) is 0 Å². The molecule has 1 aromatic carbocycles. The van der Waals surface area contributed by atoms with Crippen LogP contribution in [0.5, 0.6) is 0 Å². The molecule has 0 aliphatic heterocycles. The number of carbonyl (C=O) groups excluding carboxylic acids is 1. The van der Waals surface area contributed by atoms with Gasteiger partial charge in [0.05, 0.1) is 5.69 Å². The van der Waals surface area contributed by atoms with E-state index in [0.717, 1.165) is 16.7 Å². The summed E-state index contributed by atoms with van der Waals surface area (Å²) in [5, 5.41) is 0. The third-order valence-electron chi connectivity index (χ3n) is 2.48. The minimum absolute atomic E-state index is 0.0567. The lowest BCUT2D eigenvalue weighted by molar-refractivity contribution is 0.103. The molecule has 2 nitrogen and oxygen atoms in total. The molecular formula is C13H13NO. The second-order valence-electron chi connectivity index (χ2n) is 3.73. The molecule has 0 aliphatic rings. The van der Waals surface area contributed by atoms with Crippen LogP contribution < -0.4 is 0 Å². The van der Waals surface area contributed by atoms with Crippen molar-refractivity contribution in [1.29, 1.82) is 0 Å². The van der Waals surface area contributed by atoms with Crippen molar-refractivity contribution < 1.29 is 4.79 Å². The lowest BCUT2D eigenvalue weighted by Crippen LogP contribution is -2.04. The van der Waals surface area contributed by atoms with Crippen molar-refractivity contribution in [2.75, 3.05) is 0 Å². The first-order valence-corrected chi connectivity index (χ1v) is 4.94. The summed E-state index contributed by atoms with van der Waals surface area (Å²) in [6.45, 7) is 3.94. The van der Waals surface area contributed by atoms with E-state index in [1.807, 2.05) is 38.1 Å². The fourth-order valence-electron chi connectivity index (χ4n) is 1.60. The minimum atomic E-state index is 0.0567. The number of rotatable bonds is 2. The third-order valence-corrected chi connectivity index (χ3v) is 2.48. The van der Waals surface area contributed by atoms with E-state index >= 15 is 0 Å². The van der Waals surface area contributed by atoms with E-state index in [1.165, 1.54) is 0 Å². The van der Waals surface area contributed by atoms with Gasteiger partial charge >= 0.3 is 0 Å². The summed E-state index contributed by atoms with van der Waals surface area (Å²) in [5.41, 5.74) is 3.54. The molecule has 2 aromatic rings. The van der Waals surface area contributed by atoms with Crippen LogP contribution in [0.4, 0.5) is 0 Å². The van der Waals surface area contributed by atoms with Crippen LogP contribution in [0.2, 0.25) is 0 Å². The summed E-state index contributed by atoms with van der Waals surface area (Å²) < 4.78 is 0. The maximum Gasteiger partial charge on any atom is 0.209 e. The Bertz CT molecular complexity index is 483. The smallest absolute Gasteiger partial charge is 0.209 e. The molecule has 0 atom stereocenters. The number of aryl methyl sites for hydroxylation is 2. The molecule has 2 rings (SSSR count). The molecule has 1 N–H and O–H groups in total. The van der Waals surface area contributed by atoms with Crippen LogP contribution in [0.25, 0.3) is 0 Å². The number of benzene rings is 1. The molecule has 0 amide bonds. The SMILES string of the molecule is Cc1ccc(C)c(C(=O)c2ccc[nH]2)c1. The first kappa shape index (κ1) is 9.71. The predicted molar refractivity (Wildman–Crippen MR) is 60.1 cm³/mol. The van der Waals surface area contributed by atoms with Gasteiger partial charge in [-0.25, -0.2) is 0 Å². The van der Waals surface area contributed by atoms with E-state index in [9.17, 15) is 4.79 Å². The molecule has 0 saturated carbocycles. The van der Waals surface area contributed by atoms with Crippen molar-refractivity contribution in [3.63, 3.8) is 0 Å². The second kappa shape index (κ2) is 3.73. The highest BCUT2D eigenvalue weighted by Crippen LogP contribution is 2.14. The number of nitrogens with one attached hydrogen (secondary N) is 1. The lowest BCUT2D eigenvalue weighted by Gasteiger charge is -2.04. The molecule has 0 unspecified atom stereocenters. The van der Waals surface area contributed by atoms with Gasteiger partial charge in [-0.3, -0.25) is 4.79 Å². The summed E-state index contributed by atoms with van der Waals surface area (Å²) in [6, 6.07) is 9.55. The highest BCUT2D eigenvalue weighted by molar-refractivity contribution is 6.08. The van der Waals surface area contributed by atoms with E-state index in [-0.39, 0.29) is 5.78 Å². The molecule has 0 radical (unpaired) electrons. The van der Waals surface area contributed by atoms with E-state index in [1.54, 1.807) is 12.3 Å². The standard InChI is InChI=1S/C13H13NO/c1-9-5-6-10(2)11(8-9)13(15)12-4-3-7-14-12/h3-8,14H,1-2H3. The van der Waals surface area contributed by atoms with E-state index in [0.29, 0.717) is 5.69 Å². The molecule has 1 heterocycles. The van der Waals surface area contributed by atoms with Crippen LogP contribution in [0.15, 0.2) is 36.5 Å². The number of carbonyl (C=O) groups is 1. The van der Waals surface area contributed by atoms with Gasteiger partial charge in [0.15, 0.2) is 0 Å². The van der Waals surface area contributed by atoms with Crippen molar-refractivity contribution in [2.45, 2.75) is 13.8 Å². The van der Waals surface area contributed by atoms with Gasteiger partial charge in [-0.15, -0.1) is 0 Å². The Balaban J connectivity index is 2.46. The Morgan fingerprint density at radius 3 is 2.67 bits per heavy atom. The molecular weight excluding hydrogens is 186 g/mol. The van der Waals surface area contributed by atoms with Crippen molar-refractivity contribution >= 4 is 5.78 Å². The van der Waals surface area contributed by atoms with Crippen molar-refractivity contribution in [3.05, 3.63) is 58.9 Å². The van der Waals surface area contributed by atoms with Crippen molar-refractivity contribution in [3.8, 4) is 0 Å². The summed E-state index contributed by atoms with van der Waals surface area (Å²) in [6.07, 6.45) is 1.76. The number of hydrogen-bond donors (Lipinski definition) is 1. The summed E-state index contributed by atoms with van der Waals surface area (Å²) in [4.78, 5) is 15.0. The molecule has 0 spiro atoms. The zero-order chi connectivity index (χ0) is 10.8. The van der Waals surface area contributed by atoms with Crippen LogP contribution in [0, 0.1) is 13.8 Å². The monoisotopic (exact) mass is 199 g/mol. The van der Waals surface area contributed by atoms with Crippen molar-refractivity contribution in [2.24, 2.45) is 0 Å². The van der Waals surface area contributed by atoms with Crippen LogP contribution >= 0.6 is 0 Å². The van der Waals surface area contributed by atoms with Gasteiger partial charge in [-0.1, -0.05) is 17.7 Å². The molecule has 2 heteroatoms. The summed E-state index contributed by atoms with van der Waals surface area (Å²) in [5.74, 6) is 0.0567. The van der Waals surface area contributed by atoms with E-state index < -0.39 is 0 Å². The molecule has 0 aliphatic carbocycles. The fourth-order valence-corrected chi connectivity index (χ4v) is 1.60. The Morgan fingerprint density at radius 2 is 2.00 bits per heavy atom. The average Bonchev–Trinajstić information content (AvgIpc) is 2.74. The fraction of sp³-hybridized carbons (Fsp3) is 0.154.